The van der Waals surface area contributed by atoms with E-state index in [9.17, 15) is 4.79 Å². The van der Waals surface area contributed by atoms with Crippen LogP contribution in [-0.2, 0) is 11.2 Å². The highest BCUT2D eigenvalue weighted by atomic mass is 35.5. The van der Waals surface area contributed by atoms with E-state index in [0.29, 0.717) is 12.5 Å². The molecule has 3 rings (SSSR count). The van der Waals surface area contributed by atoms with Gasteiger partial charge in [-0.15, -0.1) is 23.7 Å². The van der Waals surface area contributed by atoms with Crippen LogP contribution in [-0.4, -0.2) is 30.4 Å². The lowest BCUT2D eigenvalue weighted by atomic mass is 9.86. The summed E-state index contributed by atoms with van der Waals surface area (Å²) in [5.74, 6) is 0.437. The number of fused-ring (bicyclic) bond motifs is 1. The number of rotatable bonds is 2. The number of thiophene rings is 1. The molecule has 2 unspecified atom stereocenters. The Balaban J connectivity index is 0.00000147. The highest BCUT2D eigenvalue weighted by molar-refractivity contribution is 7.10. The van der Waals surface area contributed by atoms with Gasteiger partial charge in [-0.25, -0.2) is 0 Å². The van der Waals surface area contributed by atoms with Crippen molar-refractivity contribution in [2.75, 3.05) is 19.6 Å². The number of nitrogens with two attached hydrogens (primary N) is 1. The highest BCUT2D eigenvalue weighted by Crippen LogP contribution is 2.38. The molecule has 3 nitrogen and oxygen atoms in total. The molecule has 5 heteroatoms. The van der Waals surface area contributed by atoms with Gasteiger partial charge in [-0.05, 0) is 54.7 Å². The van der Waals surface area contributed by atoms with Gasteiger partial charge in [0.1, 0.15) is 0 Å². The van der Waals surface area contributed by atoms with Crippen LogP contribution < -0.4 is 5.73 Å². The molecule has 2 atom stereocenters. The molecule has 1 amide bonds. The molecule has 112 valence electrons. The minimum absolute atomic E-state index is 0. The Morgan fingerprint density at radius 2 is 2.40 bits per heavy atom. The molecule has 0 spiro atoms. The van der Waals surface area contributed by atoms with E-state index in [1.54, 1.807) is 11.3 Å². The maximum Gasteiger partial charge on any atom is 0.230 e. The van der Waals surface area contributed by atoms with Crippen LogP contribution in [0.5, 0.6) is 0 Å². The molecule has 1 fully saturated rings. The van der Waals surface area contributed by atoms with E-state index < -0.39 is 0 Å². The molecule has 0 radical (unpaired) electrons. The Hall–Kier alpha value is -0.580. The Kier molecular flexibility index (Phi) is 4.77. The van der Waals surface area contributed by atoms with E-state index >= 15 is 0 Å². The summed E-state index contributed by atoms with van der Waals surface area (Å²) in [6.45, 7) is 4.57. The minimum atomic E-state index is 0. The number of carbonyl (C=O) groups excluding carboxylic acids is 1. The Bertz CT molecular complexity index is 490. The molecule has 2 heterocycles. The van der Waals surface area contributed by atoms with Gasteiger partial charge in [0.05, 0.1) is 5.92 Å². The number of hydrogen-bond donors (Lipinski definition) is 1. The second-order valence-electron chi connectivity index (χ2n) is 6.27. The molecule has 2 N–H and O–H groups in total. The Morgan fingerprint density at radius 1 is 1.60 bits per heavy atom. The second-order valence-corrected chi connectivity index (χ2v) is 7.27. The predicted molar refractivity (Wildman–Crippen MR) is 85.6 cm³/mol. The monoisotopic (exact) mass is 314 g/mol. The van der Waals surface area contributed by atoms with Gasteiger partial charge >= 0.3 is 0 Å². The molecule has 1 aromatic heterocycles. The fraction of sp³-hybridized carbons (Fsp3) is 0.667. The van der Waals surface area contributed by atoms with Crippen molar-refractivity contribution in [3.63, 3.8) is 0 Å². The third-order valence-electron chi connectivity index (χ3n) is 4.71. The zero-order valence-electron chi connectivity index (χ0n) is 11.9. The van der Waals surface area contributed by atoms with Gasteiger partial charge in [0.15, 0.2) is 0 Å². The Labute approximate surface area is 130 Å². The van der Waals surface area contributed by atoms with Crippen LogP contribution in [0, 0.1) is 5.41 Å². The van der Waals surface area contributed by atoms with Crippen molar-refractivity contribution >= 4 is 29.7 Å². The van der Waals surface area contributed by atoms with Crippen LogP contribution in [0.1, 0.15) is 42.5 Å². The Morgan fingerprint density at radius 3 is 3.10 bits per heavy atom. The van der Waals surface area contributed by atoms with Crippen LogP contribution in [0.25, 0.3) is 0 Å². The van der Waals surface area contributed by atoms with Crippen LogP contribution in [0.4, 0.5) is 0 Å². The van der Waals surface area contributed by atoms with Gasteiger partial charge in [-0.3, -0.25) is 4.79 Å². The van der Waals surface area contributed by atoms with Crippen molar-refractivity contribution in [2.24, 2.45) is 11.1 Å². The van der Waals surface area contributed by atoms with Crippen molar-refractivity contribution in [2.45, 2.75) is 38.5 Å². The van der Waals surface area contributed by atoms with Gasteiger partial charge < -0.3 is 10.6 Å². The van der Waals surface area contributed by atoms with Crippen molar-refractivity contribution in [3.05, 3.63) is 21.9 Å². The number of likely N-dealkylation sites (tertiary alicyclic amines) is 1. The number of nitrogens with zero attached hydrogens (tertiary/aromatic N) is 1. The molecule has 20 heavy (non-hydrogen) atoms. The third kappa shape index (κ3) is 2.74. The topological polar surface area (TPSA) is 46.3 Å². The lowest BCUT2D eigenvalue weighted by Crippen LogP contribution is -2.37. The first-order chi connectivity index (χ1) is 9.13. The third-order valence-corrected chi connectivity index (χ3v) is 5.71. The fourth-order valence-electron chi connectivity index (χ4n) is 3.34. The molecular formula is C15H23ClN2OS. The first kappa shape index (κ1) is 15.8. The lowest BCUT2D eigenvalue weighted by molar-refractivity contribution is -0.132. The van der Waals surface area contributed by atoms with E-state index in [1.807, 2.05) is 4.90 Å². The first-order valence-electron chi connectivity index (χ1n) is 7.18. The maximum atomic E-state index is 12.8. The van der Waals surface area contributed by atoms with Crippen LogP contribution in [0.15, 0.2) is 11.4 Å². The van der Waals surface area contributed by atoms with Gasteiger partial charge in [-0.2, -0.15) is 0 Å². The fourth-order valence-corrected chi connectivity index (χ4v) is 4.33. The summed E-state index contributed by atoms with van der Waals surface area (Å²) in [6.07, 6.45) is 4.35. The normalized spacial score (nSPS) is 28.9. The molecular weight excluding hydrogens is 292 g/mol. The van der Waals surface area contributed by atoms with E-state index in [4.69, 9.17) is 5.73 Å². The largest absolute Gasteiger partial charge is 0.342 e. The number of amides is 1. The number of hydrogen-bond acceptors (Lipinski definition) is 3. The molecule has 2 aliphatic rings. The quantitative estimate of drug-likeness (QED) is 0.912. The van der Waals surface area contributed by atoms with Gasteiger partial charge in [0, 0.05) is 18.0 Å². The summed E-state index contributed by atoms with van der Waals surface area (Å²) in [4.78, 5) is 16.2. The van der Waals surface area contributed by atoms with Crippen molar-refractivity contribution in [3.8, 4) is 0 Å². The van der Waals surface area contributed by atoms with Crippen molar-refractivity contribution in [1.29, 1.82) is 0 Å². The highest BCUT2D eigenvalue weighted by Gasteiger charge is 2.38. The molecule has 1 aliphatic carbocycles. The van der Waals surface area contributed by atoms with Crippen LogP contribution in [0.2, 0.25) is 0 Å². The van der Waals surface area contributed by atoms with Gasteiger partial charge in [-0.1, -0.05) is 6.92 Å². The van der Waals surface area contributed by atoms with E-state index in [1.165, 1.54) is 10.4 Å². The van der Waals surface area contributed by atoms with E-state index in [2.05, 4.69) is 18.4 Å². The molecule has 1 saturated heterocycles. The zero-order valence-corrected chi connectivity index (χ0v) is 13.6. The molecule has 0 saturated carbocycles. The predicted octanol–water partition coefficient (Wildman–Crippen LogP) is 2.79. The summed E-state index contributed by atoms with van der Waals surface area (Å²) in [5.41, 5.74) is 7.25. The average molecular weight is 315 g/mol. The lowest BCUT2D eigenvalue weighted by Gasteiger charge is -2.28. The molecule has 1 aliphatic heterocycles. The number of halogens is 1. The van der Waals surface area contributed by atoms with Crippen LogP contribution >= 0.6 is 23.7 Å². The molecule has 1 aromatic rings. The smallest absolute Gasteiger partial charge is 0.230 e. The summed E-state index contributed by atoms with van der Waals surface area (Å²) in [5, 5.41) is 2.13. The van der Waals surface area contributed by atoms with E-state index in [-0.39, 0.29) is 23.7 Å². The standard InChI is InChI=1S/C15H22N2OS.ClH/c1-15(9-16)6-7-17(10-15)14(18)12-3-2-4-13-11(12)5-8-19-13;/h5,8,12H,2-4,6-7,9-10,16H2,1H3;1H. The number of carbonyl (C=O) groups is 1. The average Bonchev–Trinajstić information content (AvgIpc) is 3.04. The summed E-state index contributed by atoms with van der Waals surface area (Å²) in [6, 6.07) is 2.15. The van der Waals surface area contributed by atoms with Crippen LogP contribution in [0.3, 0.4) is 0 Å². The van der Waals surface area contributed by atoms with Crippen molar-refractivity contribution < 1.29 is 4.79 Å². The maximum absolute atomic E-state index is 12.8. The summed E-state index contributed by atoms with van der Waals surface area (Å²) in [7, 11) is 0. The minimum Gasteiger partial charge on any atom is -0.342 e. The number of aryl methyl sites for hydroxylation is 1. The van der Waals surface area contributed by atoms with Crippen molar-refractivity contribution in [1.82, 2.24) is 4.90 Å². The SMILES string of the molecule is CC1(CN)CCN(C(=O)C2CCCc3sccc32)C1.Cl. The summed E-state index contributed by atoms with van der Waals surface area (Å²) >= 11 is 1.80. The zero-order chi connectivity index (χ0) is 13.5. The van der Waals surface area contributed by atoms with Gasteiger partial charge in [0.2, 0.25) is 5.91 Å². The van der Waals surface area contributed by atoms with E-state index in [0.717, 1.165) is 38.8 Å². The van der Waals surface area contributed by atoms with Gasteiger partial charge in [0.25, 0.3) is 0 Å². The molecule has 0 bridgehead atoms. The first-order valence-corrected chi connectivity index (χ1v) is 8.06. The summed E-state index contributed by atoms with van der Waals surface area (Å²) < 4.78 is 0. The second kappa shape index (κ2) is 6.04. The molecule has 0 aromatic carbocycles.